The van der Waals surface area contributed by atoms with Gasteiger partial charge in [-0.15, -0.1) is 0 Å². The topological polar surface area (TPSA) is 107 Å². The summed E-state index contributed by atoms with van der Waals surface area (Å²) in [5.74, 6) is 0. The molecule has 0 unspecified atom stereocenters. The van der Waals surface area contributed by atoms with Crippen LogP contribution in [-0.2, 0) is 21.7 Å². The minimum atomic E-state index is -1.12. The van der Waals surface area contributed by atoms with Crippen LogP contribution in [0.15, 0.2) is 147 Å². The van der Waals surface area contributed by atoms with E-state index in [4.69, 9.17) is 0 Å². The summed E-state index contributed by atoms with van der Waals surface area (Å²) in [6.45, 7) is 0. The van der Waals surface area contributed by atoms with Gasteiger partial charge in [0.25, 0.3) is 0 Å². The van der Waals surface area contributed by atoms with Crippen molar-refractivity contribution in [2.45, 2.75) is 0 Å². The molecule has 0 fully saturated rings. The van der Waals surface area contributed by atoms with Crippen LogP contribution in [0.3, 0.4) is 0 Å². The molecular formula is C24H26B2N12Ti. The molecule has 0 saturated carbocycles. The monoisotopic (exact) mass is 552 g/mol. The van der Waals surface area contributed by atoms with Gasteiger partial charge in [-0.1, -0.05) is 36.4 Å². The minimum Gasteiger partial charge on any atom is -0.403 e. The minimum absolute atomic E-state index is 0. The first-order valence-corrected chi connectivity index (χ1v) is 12.2. The van der Waals surface area contributed by atoms with Crippen LogP contribution >= 0.6 is 0 Å². The number of nitrogens with zero attached hydrogens (tertiary/aromatic N) is 12. The first-order chi connectivity index (χ1) is 18.9. The van der Waals surface area contributed by atoms with E-state index in [1.165, 1.54) is 0 Å². The SMILES string of the molecule is [Ti+2].c1ccccc1.c1cnn([BH-](n2cccn2)n2cccn2)c1.c1cnn([BH-](n2cccn2)n2cccn2)c1. The van der Waals surface area contributed by atoms with Crippen LogP contribution in [0.2, 0.25) is 0 Å². The second-order valence-corrected chi connectivity index (χ2v) is 8.28. The van der Waals surface area contributed by atoms with Gasteiger partial charge in [-0.05, 0) is 73.6 Å². The van der Waals surface area contributed by atoms with Gasteiger partial charge >= 0.3 is 36.0 Å². The average Bonchev–Trinajstić information content (AvgIpc) is 3.83. The third-order valence-corrected chi connectivity index (χ3v) is 5.76. The molecule has 6 heterocycles. The Hall–Kier alpha value is -4.68. The molecule has 0 saturated heterocycles. The second-order valence-electron chi connectivity index (χ2n) is 8.28. The zero-order valence-corrected chi connectivity index (χ0v) is 22.7. The quantitative estimate of drug-likeness (QED) is 0.290. The molecule has 192 valence electrons. The summed E-state index contributed by atoms with van der Waals surface area (Å²) < 4.78 is 11.2. The predicted molar refractivity (Wildman–Crippen MR) is 146 cm³/mol. The summed E-state index contributed by atoms with van der Waals surface area (Å²) in [6, 6.07) is 23.4. The molecule has 39 heavy (non-hydrogen) atoms. The van der Waals surface area contributed by atoms with Crippen molar-refractivity contribution in [2.75, 3.05) is 0 Å². The van der Waals surface area contributed by atoms with Crippen molar-refractivity contribution in [2.24, 2.45) is 0 Å². The maximum absolute atomic E-state index is 4.26. The molecule has 0 aliphatic heterocycles. The second kappa shape index (κ2) is 14.3. The van der Waals surface area contributed by atoms with Crippen molar-refractivity contribution >= 4 is 14.2 Å². The van der Waals surface area contributed by atoms with Crippen LogP contribution in [0, 0.1) is 0 Å². The van der Waals surface area contributed by atoms with Crippen molar-refractivity contribution in [3.8, 4) is 0 Å². The largest absolute Gasteiger partial charge is 2.00 e. The first-order valence-electron chi connectivity index (χ1n) is 12.2. The molecule has 0 amide bonds. The molecule has 0 aliphatic rings. The van der Waals surface area contributed by atoms with Gasteiger partial charge in [-0.25, -0.2) is 30.6 Å². The van der Waals surface area contributed by atoms with Crippen molar-refractivity contribution in [3.63, 3.8) is 0 Å². The van der Waals surface area contributed by atoms with E-state index in [9.17, 15) is 0 Å². The molecule has 0 radical (unpaired) electrons. The zero-order valence-electron chi connectivity index (χ0n) is 21.1. The Morgan fingerprint density at radius 3 is 0.590 bits per heavy atom. The van der Waals surface area contributed by atoms with Gasteiger partial charge in [0.1, 0.15) is 0 Å². The van der Waals surface area contributed by atoms with Gasteiger partial charge in [0, 0.05) is 37.2 Å². The van der Waals surface area contributed by atoms with Gasteiger partial charge < -0.3 is 27.6 Å². The Morgan fingerprint density at radius 1 is 0.282 bits per heavy atom. The summed E-state index contributed by atoms with van der Waals surface area (Å²) >= 11 is 0. The molecule has 0 aliphatic carbocycles. The smallest absolute Gasteiger partial charge is 0.403 e. The molecule has 0 bridgehead atoms. The van der Waals surface area contributed by atoms with E-state index in [1.54, 1.807) is 37.2 Å². The molecule has 0 atom stereocenters. The Bertz CT molecular complexity index is 1210. The van der Waals surface area contributed by atoms with Crippen LogP contribution in [0.4, 0.5) is 0 Å². The van der Waals surface area contributed by atoms with Gasteiger partial charge in [-0.2, -0.15) is 0 Å². The Labute approximate surface area is 240 Å². The fourth-order valence-electron chi connectivity index (χ4n) is 4.08. The van der Waals surface area contributed by atoms with Crippen LogP contribution in [0.1, 0.15) is 0 Å². The summed E-state index contributed by atoms with van der Waals surface area (Å²) in [6.07, 6.45) is 22.1. The van der Waals surface area contributed by atoms with Crippen molar-refractivity contribution in [1.82, 2.24) is 58.1 Å². The third kappa shape index (κ3) is 7.21. The van der Waals surface area contributed by atoms with E-state index in [-0.39, 0.29) is 21.7 Å². The van der Waals surface area contributed by atoms with Crippen molar-refractivity contribution in [3.05, 3.63) is 147 Å². The normalized spacial score (nSPS) is 10.3. The Kier molecular flexibility index (Phi) is 10.0. The number of rotatable bonds is 6. The molecule has 6 aromatic heterocycles. The summed E-state index contributed by atoms with van der Waals surface area (Å²) in [7, 11) is -2.25. The van der Waals surface area contributed by atoms with E-state index in [0.29, 0.717) is 0 Å². The number of benzene rings is 1. The summed E-state index contributed by atoms with van der Waals surface area (Å²) in [4.78, 5) is 0. The molecule has 7 aromatic rings. The van der Waals surface area contributed by atoms with Crippen LogP contribution in [0.5, 0.6) is 0 Å². The fraction of sp³-hybridized carbons (Fsp3) is 0. The summed E-state index contributed by atoms with van der Waals surface area (Å²) in [5.41, 5.74) is 0. The number of hydrogen-bond donors (Lipinski definition) is 0. The predicted octanol–water partition coefficient (Wildman–Crippen LogP) is 1.56. The van der Waals surface area contributed by atoms with Crippen molar-refractivity contribution in [1.29, 1.82) is 0 Å². The van der Waals surface area contributed by atoms with Crippen LogP contribution in [0.25, 0.3) is 0 Å². The molecule has 1 aromatic carbocycles. The standard InChI is InChI=1S/2C9H10BN6.C6H6.Ti/c2*1-4-11-14(7-1)10(15-8-2-5-12-15)16-9-3-6-13-16;1-2-4-6-5-3-1;/h2*1-10H;1-6H;/q2*-1;;+2. The first kappa shape index (κ1) is 27.4. The maximum Gasteiger partial charge on any atom is 2.00 e. The van der Waals surface area contributed by atoms with E-state index in [2.05, 4.69) is 30.6 Å². The van der Waals surface area contributed by atoms with E-state index in [0.717, 1.165) is 0 Å². The van der Waals surface area contributed by atoms with E-state index >= 15 is 0 Å². The Balaban J connectivity index is 0.000000147. The van der Waals surface area contributed by atoms with Crippen LogP contribution < -0.4 is 0 Å². The van der Waals surface area contributed by atoms with Crippen molar-refractivity contribution < 1.29 is 21.7 Å². The number of hydrogen-bond acceptors (Lipinski definition) is 6. The molecular weight excluding hydrogens is 526 g/mol. The van der Waals surface area contributed by atoms with Gasteiger partial charge in [0.15, 0.2) is 0 Å². The molecule has 0 spiro atoms. The molecule has 0 N–H and O–H groups in total. The van der Waals surface area contributed by atoms with Gasteiger partial charge in [0.2, 0.25) is 0 Å². The van der Waals surface area contributed by atoms with E-state index < -0.39 is 14.2 Å². The van der Waals surface area contributed by atoms with Gasteiger partial charge in [-0.3, -0.25) is 0 Å². The number of aromatic nitrogens is 12. The summed E-state index contributed by atoms with van der Waals surface area (Å²) in [5, 5.41) is 25.6. The molecule has 7 rings (SSSR count). The van der Waals surface area contributed by atoms with Gasteiger partial charge in [0.05, 0.1) is 0 Å². The Morgan fingerprint density at radius 2 is 0.462 bits per heavy atom. The zero-order chi connectivity index (χ0) is 25.8. The average molecular weight is 552 g/mol. The van der Waals surface area contributed by atoms with Crippen LogP contribution in [-0.4, -0.2) is 72.4 Å². The molecule has 15 heteroatoms. The third-order valence-electron chi connectivity index (χ3n) is 5.76. The fourth-order valence-corrected chi connectivity index (χ4v) is 4.08. The maximum atomic E-state index is 4.26. The van der Waals surface area contributed by atoms with E-state index in [1.807, 2.05) is 138 Å². The molecule has 12 nitrogen and oxygen atoms in total.